The van der Waals surface area contributed by atoms with E-state index in [4.69, 9.17) is 4.74 Å². The molecule has 1 aliphatic heterocycles. The van der Waals surface area contributed by atoms with Crippen LogP contribution in [0, 0.1) is 0 Å². The second kappa shape index (κ2) is 6.49. The Kier molecular flexibility index (Phi) is 4.25. The van der Waals surface area contributed by atoms with Crippen LogP contribution in [0.3, 0.4) is 0 Å². The molecular weight excluding hydrogens is 266 g/mol. The molecule has 0 spiro atoms. The number of aromatic nitrogens is 3. The van der Waals surface area contributed by atoms with Gasteiger partial charge in [0.15, 0.2) is 0 Å². The molecule has 110 valence electrons. The maximum atomic E-state index is 5.37. The van der Waals surface area contributed by atoms with E-state index in [1.54, 1.807) is 18.7 Å². The van der Waals surface area contributed by atoms with E-state index in [0.29, 0.717) is 0 Å². The second-order valence-electron chi connectivity index (χ2n) is 5.01. The molecular formula is C15H19N5O. The zero-order valence-corrected chi connectivity index (χ0v) is 12.1. The Hall–Kier alpha value is -2.21. The van der Waals surface area contributed by atoms with Crippen LogP contribution in [0.15, 0.2) is 36.9 Å². The van der Waals surface area contributed by atoms with Gasteiger partial charge in [0.1, 0.15) is 18.0 Å². The third-order valence-corrected chi connectivity index (χ3v) is 3.56. The number of pyridine rings is 1. The molecule has 0 unspecified atom stereocenters. The number of hydrogen-bond donors (Lipinski definition) is 1. The molecule has 21 heavy (non-hydrogen) atoms. The summed E-state index contributed by atoms with van der Waals surface area (Å²) in [4.78, 5) is 14.9. The predicted molar refractivity (Wildman–Crippen MR) is 81.3 cm³/mol. The van der Waals surface area contributed by atoms with Gasteiger partial charge in [-0.2, -0.15) is 0 Å². The lowest BCUT2D eigenvalue weighted by Gasteiger charge is -2.28. The Morgan fingerprint density at radius 3 is 2.71 bits per heavy atom. The monoisotopic (exact) mass is 285 g/mol. The van der Waals surface area contributed by atoms with Crippen LogP contribution in [0.4, 0.5) is 11.6 Å². The molecule has 6 heteroatoms. The summed E-state index contributed by atoms with van der Waals surface area (Å²) >= 11 is 0. The van der Waals surface area contributed by atoms with Crippen LogP contribution in [0.25, 0.3) is 0 Å². The number of anilines is 2. The Morgan fingerprint density at radius 1 is 1.19 bits per heavy atom. The quantitative estimate of drug-likeness (QED) is 0.925. The standard InChI is InChI=1S/C15H19N5O/c1-12(13-2-4-16-5-3-13)19-14-10-15(18-11-17-14)20-6-8-21-9-7-20/h2-5,10-12H,6-9H2,1H3,(H,17,18,19)/t12-/m1/s1. The highest BCUT2D eigenvalue weighted by Crippen LogP contribution is 2.20. The van der Waals surface area contributed by atoms with E-state index in [2.05, 4.69) is 32.1 Å². The van der Waals surface area contributed by atoms with Crippen LogP contribution in [-0.4, -0.2) is 41.3 Å². The maximum absolute atomic E-state index is 5.37. The highest BCUT2D eigenvalue weighted by atomic mass is 16.5. The van der Waals surface area contributed by atoms with E-state index in [-0.39, 0.29) is 6.04 Å². The lowest BCUT2D eigenvalue weighted by molar-refractivity contribution is 0.122. The maximum Gasteiger partial charge on any atom is 0.134 e. The molecule has 1 aliphatic rings. The lowest BCUT2D eigenvalue weighted by Crippen LogP contribution is -2.36. The molecule has 0 radical (unpaired) electrons. The summed E-state index contributed by atoms with van der Waals surface area (Å²) in [5.74, 6) is 1.77. The largest absolute Gasteiger partial charge is 0.378 e. The normalized spacial score (nSPS) is 16.5. The van der Waals surface area contributed by atoms with Gasteiger partial charge in [-0.25, -0.2) is 9.97 Å². The number of hydrogen-bond acceptors (Lipinski definition) is 6. The van der Waals surface area contributed by atoms with Gasteiger partial charge >= 0.3 is 0 Å². The predicted octanol–water partition coefficient (Wildman–Crippen LogP) is 1.88. The van der Waals surface area contributed by atoms with Gasteiger partial charge in [0.2, 0.25) is 0 Å². The first kappa shape index (κ1) is 13.8. The zero-order valence-electron chi connectivity index (χ0n) is 12.1. The SMILES string of the molecule is C[C@@H](Nc1cc(N2CCOCC2)ncn1)c1ccncc1. The van der Waals surface area contributed by atoms with Crippen molar-refractivity contribution in [3.05, 3.63) is 42.5 Å². The minimum Gasteiger partial charge on any atom is -0.378 e. The van der Waals surface area contributed by atoms with E-state index in [1.807, 2.05) is 18.2 Å². The third kappa shape index (κ3) is 3.46. The third-order valence-electron chi connectivity index (χ3n) is 3.56. The first-order valence-electron chi connectivity index (χ1n) is 7.14. The molecule has 1 atom stereocenters. The van der Waals surface area contributed by atoms with Crippen molar-refractivity contribution in [1.29, 1.82) is 0 Å². The molecule has 2 aromatic rings. The average molecular weight is 285 g/mol. The van der Waals surface area contributed by atoms with Gasteiger partial charge in [-0.3, -0.25) is 4.98 Å². The molecule has 2 aromatic heterocycles. The Morgan fingerprint density at radius 2 is 1.95 bits per heavy atom. The minimum atomic E-state index is 0.167. The first-order valence-corrected chi connectivity index (χ1v) is 7.14. The summed E-state index contributed by atoms with van der Waals surface area (Å²) in [5, 5.41) is 3.40. The molecule has 0 saturated carbocycles. The van der Waals surface area contributed by atoms with Gasteiger partial charge in [0, 0.05) is 31.5 Å². The number of morpholine rings is 1. The summed E-state index contributed by atoms with van der Waals surface area (Å²) in [6.45, 7) is 5.35. The highest BCUT2D eigenvalue weighted by molar-refractivity contribution is 5.49. The van der Waals surface area contributed by atoms with Crippen LogP contribution < -0.4 is 10.2 Å². The average Bonchev–Trinajstić information content (AvgIpc) is 2.57. The van der Waals surface area contributed by atoms with Gasteiger partial charge < -0.3 is 15.0 Å². The summed E-state index contributed by atoms with van der Waals surface area (Å²) in [6.07, 6.45) is 5.20. The number of ether oxygens (including phenoxy) is 1. The molecule has 3 heterocycles. The van der Waals surface area contributed by atoms with Crippen molar-refractivity contribution in [3.63, 3.8) is 0 Å². The molecule has 0 aromatic carbocycles. The summed E-state index contributed by atoms with van der Waals surface area (Å²) < 4.78 is 5.37. The molecule has 1 saturated heterocycles. The molecule has 3 rings (SSSR count). The topological polar surface area (TPSA) is 63.2 Å². The van der Waals surface area contributed by atoms with Gasteiger partial charge in [-0.1, -0.05) is 0 Å². The Bertz CT molecular complexity index is 571. The summed E-state index contributed by atoms with van der Waals surface area (Å²) in [6, 6.07) is 6.16. The van der Waals surface area contributed by atoms with E-state index in [0.717, 1.165) is 37.9 Å². The van der Waals surface area contributed by atoms with E-state index in [9.17, 15) is 0 Å². The van der Waals surface area contributed by atoms with Crippen LogP contribution in [-0.2, 0) is 4.74 Å². The second-order valence-corrected chi connectivity index (χ2v) is 5.01. The van der Waals surface area contributed by atoms with Gasteiger partial charge in [-0.05, 0) is 24.6 Å². The van der Waals surface area contributed by atoms with Crippen LogP contribution >= 0.6 is 0 Å². The van der Waals surface area contributed by atoms with E-state index in [1.165, 1.54) is 5.56 Å². The van der Waals surface area contributed by atoms with Crippen molar-refractivity contribution in [2.75, 3.05) is 36.5 Å². The minimum absolute atomic E-state index is 0.167. The van der Waals surface area contributed by atoms with Crippen molar-refractivity contribution in [3.8, 4) is 0 Å². The van der Waals surface area contributed by atoms with Gasteiger partial charge in [0.25, 0.3) is 0 Å². The van der Waals surface area contributed by atoms with Crippen molar-refractivity contribution >= 4 is 11.6 Å². The van der Waals surface area contributed by atoms with Crippen molar-refractivity contribution < 1.29 is 4.74 Å². The summed E-state index contributed by atoms with van der Waals surface area (Å²) in [5.41, 5.74) is 1.18. The molecule has 0 aliphatic carbocycles. The van der Waals surface area contributed by atoms with Crippen molar-refractivity contribution in [1.82, 2.24) is 15.0 Å². The van der Waals surface area contributed by atoms with Crippen LogP contribution in [0.1, 0.15) is 18.5 Å². The molecule has 0 bridgehead atoms. The Labute approximate surface area is 124 Å². The van der Waals surface area contributed by atoms with Gasteiger partial charge in [-0.15, -0.1) is 0 Å². The molecule has 0 amide bonds. The van der Waals surface area contributed by atoms with E-state index >= 15 is 0 Å². The lowest BCUT2D eigenvalue weighted by atomic mass is 10.1. The van der Waals surface area contributed by atoms with E-state index < -0.39 is 0 Å². The van der Waals surface area contributed by atoms with Crippen LogP contribution in [0.5, 0.6) is 0 Å². The smallest absolute Gasteiger partial charge is 0.134 e. The summed E-state index contributed by atoms with van der Waals surface area (Å²) in [7, 11) is 0. The molecule has 1 fully saturated rings. The highest BCUT2D eigenvalue weighted by Gasteiger charge is 2.13. The number of nitrogens with one attached hydrogen (secondary N) is 1. The Balaban J connectivity index is 1.71. The number of nitrogens with zero attached hydrogens (tertiary/aromatic N) is 4. The number of rotatable bonds is 4. The van der Waals surface area contributed by atoms with Crippen molar-refractivity contribution in [2.24, 2.45) is 0 Å². The fraction of sp³-hybridized carbons (Fsp3) is 0.400. The van der Waals surface area contributed by atoms with Crippen molar-refractivity contribution in [2.45, 2.75) is 13.0 Å². The molecule has 1 N–H and O–H groups in total. The zero-order chi connectivity index (χ0) is 14.5. The van der Waals surface area contributed by atoms with Gasteiger partial charge in [0.05, 0.1) is 19.3 Å². The van der Waals surface area contributed by atoms with Crippen LogP contribution in [0.2, 0.25) is 0 Å². The fourth-order valence-electron chi connectivity index (χ4n) is 2.35. The molecule has 6 nitrogen and oxygen atoms in total. The fourth-order valence-corrected chi connectivity index (χ4v) is 2.35. The first-order chi connectivity index (χ1) is 10.3.